The number of sulfonamides is 1. The Morgan fingerprint density at radius 2 is 1.96 bits per heavy atom. The van der Waals surface area contributed by atoms with Crippen LogP contribution in [0.5, 0.6) is 5.88 Å². The van der Waals surface area contributed by atoms with Crippen LogP contribution < -0.4 is 14.4 Å². The van der Waals surface area contributed by atoms with Crippen molar-refractivity contribution in [1.82, 2.24) is 19.7 Å². The third-order valence-corrected chi connectivity index (χ3v) is 8.91. The van der Waals surface area contributed by atoms with Gasteiger partial charge in [0.15, 0.2) is 22.6 Å². The van der Waals surface area contributed by atoms with E-state index in [1.54, 1.807) is 16.9 Å². The van der Waals surface area contributed by atoms with Gasteiger partial charge in [0, 0.05) is 30.9 Å². The Kier molecular flexibility index (Phi) is 9.38. The van der Waals surface area contributed by atoms with Crippen molar-refractivity contribution in [2.75, 3.05) is 23.3 Å². The number of methoxy groups -OCH3 is 1. The molecular weight excluding hydrogens is 646 g/mol. The summed E-state index contributed by atoms with van der Waals surface area (Å²) in [6.45, 7) is 6.88. The van der Waals surface area contributed by atoms with Gasteiger partial charge >= 0.3 is 6.09 Å². The molecule has 3 aromatic heterocycles. The van der Waals surface area contributed by atoms with Crippen molar-refractivity contribution in [2.45, 2.75) is 70.2 Å². The molecule has 1 unspecified atom stereocenters. The van der Waals surface area contributed by atoms with Crippen molar-refractivity contribution < 1.29 is 36.2 Å². The van der Waals surface area contributed by atoms with Crippen LogP contribution in [-0.4, -0.2) is 53.6 Å². The second kappa shape index (κ2) is 13.0. The molecule has 0 spiro atoms. The first-order chi connectivity index (χ1) is 21.7. The number of carbonyl (C=O) groups excluding carboxylic acids is 1. The number of carbonyl (C=O) groups is 1. The summed E-state index contributed by atoms with van der Waals surface area (Å²) in [5.74, 6) is -2.80. The van der Waals surface area contributed by atoms with Crippen LogP contribution in [-0.2, 0) is 26.0 Å². The van der Waals surface area contributed by atoms with Gasteiger partial charge in [-0.25, -0.2) is 36.6 Å². The number of pyridine rings is 2. The Bertz CT molecular complexity index is 1890. The van der Waals surface area contributed by atoms with Crippen LogP contribution in [0.4, 0.5) is 25.0 Å². The number of benzene rings is 1. The fraction of sp³-hybridized carbons (Fsp3) is 0.400. The molecular formula is C30H33ClF2N6O6S. The lowest BCUT2D eigenvalue weighted by atomic mass is 10.2. The predicted molar refractivity (Wildman–Crippen MR) is 166 cm³/mol. The summed E-state index contributed by atoms with van der Waals surface area (Å²) < 4.78 is 77.3. The zero-order valence-electron chi connectivity index (χ0n) is 25.8. The van der Waals surface area contributed by atoms with Gasteiger partial charge in [-0.1, -0.05) is 11.6 Å². The molecule has 1 fully saturated rings. The monoisotopic (exact) mass is 678 g/mol. The summed E-state index contributed by atoms with van der Waals surface area (Å²) in [4.78, 5) is 21.1. The van der Waals surface area contributed by atoms with Gasteiger partial charge in [-0.3, -0.25) is 0 Å². The molecule has 1 aromatic carbocycles. The van der Waals surface area contributed by atoms with E-state index < -0.39 is 55.5 Å². The number of rotatable bonds is 8. The number of anilines is 2. The molecule has 1 aliphatic heterocycles. The van der Waals surface area contributed by atoms with Crippen molar-refractivity contribution >= 4 is 50.1 Å². The zero-order valence-corrected chi connectivity index (χ0v) is 27.4. The fourth-order valence-electron chi connectivity index (χ4n) is 4.95. The number of ether oxygens (including phenoxy) is 3. The third kappa shape index (κ3) is 6.71. The SMILES string of the molecule is COc1ncc(Cl)cc1S(=O)(=O)N(C(=O)OC(C)(C)C)c1ccc(F)c(NCc2cnc3c(c2)c(C)nn3C2CCCCO2)c1F. The molecule has 0 saturated carbocycles. The number of nitrogens with zero attached hydrogens (tertiary/aromatic N) is 5. The van der Waals surface area contributed by atoms with E-state index in [9.17, 15) is 13.2 Å². The summed E-state index contributed by atoms with van der Waals surface area (Å²) in [7, 11) is -3.82. The highest BCUT2D eigenvalue weighted by molar-refractivity contribution is 7.93. The summed E-state index contributed by atoms with van der Waals surface area (Å²) in [6, 6.07) is 4.45. The number of hydrogen-bond donors (Lipinski definition) is 1. The Labute approximate surface area is 269 Å². The van der Waals surface area contributed by atoms with Crippen LogP contribution >= 0.6 is 11.6 Å². The molecule has 0 bridgehead atoms. The van der Waals surface area contributed by atoms with E-state index in [0.717, 1.165) is 56.2 Å². The minimum atomic E-state index is -4.98. The largest absolute Gasteiger partial charge is 0.480 e. The van der Waals surface area contributed by atoms with E-state index >= 15 is 8.78 Å². The molecule has 0 aliphatic carbocycles. The average molecular weight is 679 g/mol. The van der Waals surface area contributed by atoms with Gasteiger partial charge in [-0.2, -0.15) is 9.40 Å². The molecule has 1 amide bonds. The smallest absolute Gasteiger partial charge is 0.429 e. The number of halogens is 3. The maximum atomic E-state index is 16.2. The Morgan fingerprint density at radius 1 is 1.20 bits per heavy atom. The lowest BCUT2D eigenvalue weighted by Gasteiger charge is -2.28. The first kappa shape index (κ1) is 33.3. The topological polar surface area (TPSA) is 138 Å². The summed E-state index contributed by atoms with van der Waals surface area (Å²) in [6.07, 6.45) is 3.83. The van der Waals surface area contributed by atoms with Gasteiger partial charge < -0.3 is 19.5 Å². The van der Waals surface area contributed by atoms with Crippen LogP contribution in [0.3, 0.4) is 0 Å². The standard InChI is InChI=1S/C30H33ClF2N6O6S/c1-17-20-12-18(15-35-27(20)38(37-17)24-8-6-7-11-44-24)14-34-26-21(32)9-10-22(25(26)33)39(29(40)45-30(2,3)4)46(41,42)23-13-19(31)16-36-28(23)43-5/h9-10,12-13,15-16,24,34H,6-8,11,14H2,1-5H3. The highest BCUT2D eigenvalue weighted by Gasteiger charge is 2.39. The Hall–Kier alpha value is -4.08. The maximum Gasteiger partial charge on any atom is 0.429 e. The van der Waals surface area contributed by atoms with Crippen LogP contribution in [0.2, 0.25) is 5.02 Å². The highest BCUT2D eigenvalue weighted by Crippen LogP contribution is 2.36. The minimum absolute atomic E-state index is 0.0900. The molecule has 4 aromatic rings. The number of fused-ring (bicyclic) bond motifs is 1. The summed E-state index contributed by atoms with van der Waals surface area (Å²) >= 11 is 6.01. The van der Waals surface area contributed by atoms with Gasteiger partial charge in [0.1, 0.15) is 22.8 Å². The number of aromatic nitrogens is 4. The molecule has 1 N–H and O–H groups in total. The molecule has 1 aliphatic rings. The van der Waals surface area contributed by atoms with E-state index in [1.807, 2.05) is 6.92 Å². The molecule has 4 heterocycles. The number of amides is 1. The Morgan fingerprint density at radius 3 is 2.63 bits per heavy atom. The fourth-order valence-corrected chi connectivity index (χ4v) is 6.64. The molecule has 246 valence electrons. The Balaban J connectivity index is 1.51. The van der Waals surface area contributed by atoms with Gasteiger partial charge in [0.05, 0.1) is 17.8 Å². The normalized spacial score (nSPS) is 15.5. The summed E-state index contributed by atoms with van der Waals surface area (Å²) in [5.41, 5.74) is -0.771. The summed E-state index contributed by atoms with van der Waals surface area (Å²) in [5, 5.41) is 7.93. The van der Waals surface area contributed by atoms with Crippen molar-refractivity contribution in [3.8, 4) is 5.88 Å². The first-order valence-corrected chi connectivity index (χ1v) is 16.2. The van der Waals surface area contributed by atoms with Gasteiger partial charge in [0.2, 0.25) is 5.88 Å². The van der Waals surface area contributed by atoms with E-state index in [-0.39, 0.29) is 22.1 Å². The molecule has 1 atom stereocenters. The third-order valence-electron chi connectivity index (χ3n) is 7.03. The number of nitrogens with one attached hydrogen (secondary N) is 1. The lowest BCUT2D eigenvalue weighted by Crippen LogP contribution is -2.41. The molecule has 1 saturated heterocycles. The quantitative estimate of drug-likeness (QED) is 0.219. The second-order valence-corrected chi connectivity index (χ2v) is 13.8. The van der Waals surface area contributed by atoms with Crippen LogP contribution in [0, 0.1) is 18.6 Å². The van der Waals surface area contributed by atoms with Crippen molar-refractivity contribution in [1.29, 1.82) is 0 Å². The minimum Gasteiger partial charge on any atom is -0.480 e. The van der Waals surface area contributed by atoms with Gasteiger partial charge in [0.25, 0.3) is 10.0 Å². The lowest BCUT2D eigenvalue weighted by molar-refractivity contribution is -0.0371. The van der Waals surface area contributed by atoms with Crippen LogP contribution in [0.1, 0.15) is 57.5 Å². The molecule has 46 heavy (non-hydrogen) atoms. The second-order valence-electron chi connectivity index (χ2n) is 11.6. The van der Waals surface area contributed by atoms with Crippen LogP contribution in [0.15, 0.2) is 41.6 Å². The first-order valence-electron chi connectivity index (χ1n) is 14.4. The molecule has 12 nitrogen and oxygen atoms in total. The molecule has 16 heteroatoms. The van der Waals surface area contributed by atoms with E-state index in [2.05, 4.69) is 20.4 Å². The molecule has 0 radical (unpaired) electrons. The highest BCUT2D eigenvalue weighted by atomic mass is 35.5. The van der Waals surface area contributed by atoms with E-state index in [0.29, 0.717) is 23.5 Å². The van der Waals surface area contributed by atoms with Gasteiger partial charge in [-0.05, 0) is 76.8 Å². The van der Waals surface area contributed by atoms with Gasteiger partial charge in [-0.15, -0.1) is 0 Å². The zero-order chi connectivity index (χ0) is 33.4. The predicted octanol–water partition coefficient (Wildman–Crippen LogP) is 6.52. The molecule has 5 rings (SSSR count). The van der Waals surface area contributed by atoms with Crippen molar-refractivity contribution in [2.24, 2.45) is 0 Å². The van der Waals surface area contributed by atoms with Crippen molar-refractivity contribution in [3.05, 3.63) is 64.6 Å². The van der Waals surface area contributed by atoms with Crippen LogP contribution in [0.25, 0.3) is 11.0 Å². The maximum absolute atomic E-state index is 16.2. The average Bonchev–Trinajstić information content (AvgIpc) is 3.33. The number of hydrogen-bond acceptors (Lipinski definition) is 10. The van der Waals surface area contributed by atoms with Crippen molar-refractivity contribution in [3.63, 3.8) is 0 Å². The van der Waals surface area contributed by atoms with E-state index in [1.165, 1.54) is 20.8 Å². The van der Waals surface area contributed by atoms with E-state index in [4.69, 9.17) is 25.8 Å². The number of aryl methyl sites for hydroxylation is 1.